The zero-order valence-corrected chi connectivity index (χ0v) is 12.7. The Morgan fingerprint density at radius 3 is 2.55 bits per heavy atom. The lowest BCUT2D eigenvalue weighted by molar-refractivity contribution is 0.247. The van der Waals surface area contributed by atoms with Gasteiger partial charge in [0.1, 0.15) is 0 Å². The maximum atomic E-state index is 12.1. The van der Waals surface area contributed by atoms with Crippen LogP contribution in [0.4, 0.5) is 9.93 Å². The molecule has 2 aliphatic carbocycles. The molecule has 1 saturated carbocycles. The van der Waals surface area contributed by atoms with Crippen LogP contribution in [0.1, 0.15) is 61.9 Å². The molecule has 0 bridgehead atoms. The van der Waals surface area contributed by atoms with Crippen molar-refractivity contribution in [3.63, 3.8) is 0 Å². The van der Waals surface area contributed by atoms with Crippen molar-refractivity contribution < 1.29 is 4.79 Å². The van der Waals surface area contributed by atoms with Gasteiger partial charge in [-0.15, -0.1) is 11.3 Å². The smallest absolute Gasteiger partial charge is 0.321 e. The SMILES string of the molecule is O=C(Nc1nc2c(s1)CCCC2)NC1CCCCCC1. The third-order valence-corrected chi connectivity index (χ3v) is 5.33. The number of urea groups is 1. The number of aryl methyl sites for hydroxylation is 2. The molecule has 3 rings (SSSR count). The molecule has 0 saturated heterocycles. The minimum atomic E-state index is -0.0806. The highest BCUT2D eigenvalue weighted by atomic mass is 32.1. The molecule has 4 nitrogen and oxygen atoms in total. The average Bonchev–Trinajstić information content (AvgIpc) is 2.66. The number of thiazole rings is 1. The van der Waals surface area contributed by atoms with E-state index in [0.29, 0.717) is 6.04 Å². The predicted octanol–water partition coefficient (Wildman–Crippen LogP) is 3.87. The normalized spacial score (nSPS) is 20.0. The monoisotopic (exact) mass is 293 g/mol. The summed E-state index contributed by atoms with van der Waals surface area (Å²) in [5.74, 6) is 0. The third kappa shape index (κ3) is 3.51. The van der Waals surface area contributed by atoms with Crippen LogP contribution in [0, 0.1) is 0 Å². The first kappa shape index (κ1) is 13.9. The van der Waals surface area contributed by atoms with Crippen LogP contribution in [0.25, 0.3) is 0 Å². The van der Waals surface area contributed by atoms with Crippen molar-refractivity contribution in [3.8, 4) is 0 Å². The number of rotatable bonds is 2. The number of nitrogens with zero attached hydrogens (tertiary/aromatic N) is 1. The van der Waals surface area contributed by atoms with Gasteiger partial charge in [0.2, 0.25) is 0 Å². The van der Waals surface area contributed by atoms with Gasteiger partial charge in [-0.2, -0.15) is 0 Å². The number of amides is 2. The molecule has 0 radical (unpaired) electrons. The van der Waals surface area contributed by atoms with Gasteiger partial charge >= 0.3 is 6.03 Å². The van der Waals surface area contributed by atoms with E-state index < -0.39 is 0 Å². The first-order valence-electron chi connectivity index (χ1n) is 7.87. The highest BCUT2D eigenvalue weighted by molar-refractivity contribution is 7.15. The van der Waals surface area contributed by atoms with Gasteiger partial charge in [-0.3, -0.25) is 5.32 Å². The fourth-order valence-corrected chi connectivity index (χ4v) is 4.19. The van der Waals surface area contributed by atoms with E-state index in [1.54, 1.807) is 11.3 Å². The molecule has 2 N–H and O–H groups in total. The predicted molar refractivity (Wildman–Crippen MR) is 82.4 cm³/mol. The van der Waals surface area contributed by atoms with Crippen LogP contribution in [0.3, 0.4) is 0 Å². The summed E-state index contributed by atoms with van der Waals surface area (Å²) in [5.41, 5.74) is 1.20. The highest BCUT2D eigenvalue weighted by Gasteiger charge is 2.18. The van der Waals surface area contributed by atoms with Crippen molar-refractivity contribution in [1.29, 1.82) is 0 Å². The maximum absolute atomic E-state index is 12.1. The molecular weight excluding hydrogens is 270 g/mol. The maximum Gasteiger partial charge on any atom is 0.321 e. The van der Waals surface area contributed by atoms with Gasteiger partial charge in [0.25, 0.3) is 0 Å². The topological polar surface area (TPSA) is 54.0 Å². The van der Waals surface area contributed by atoms with Gasteiger partial charge < -0.3 is 5.32 Å². The second kappa shape index (κ2) is 6.57. The van der Waals surface area contributed by atoms with Crippen molar-refractivity contribution in [2.45, 2.75) is 70.3 Å². The quantitative estimate of drug-likeness (QED) is 0.813. The second-order valence-electron chi connectivity index (χ2n) is 5.88. The first-order chi connectivity index (χ1) is 9.81. The molecule has 1 heterocycles. The van der Waals surface area contributed by atoms with E-state index in [1.165, 1.54) is 49.1 Å². The van der Waals surface area contributed by atoms with E-state index >= 15 is 0 Å². The van der Waals surface area contributed by atoms with Crippen molar-refractivity contribution >= 4 is 22.5 Å². The van der Waals surface area contributed by atoms with Crippen molar-refractivity contribution in [2.24, 2.45) is 0 Å². The summed E-state index contributed by atoms with van der Waals surface area (Å²) >= 11 is 1.65. The van der Waals surface area contributed by atoms with Gasteiger partial charge in [0.15, 0.2) is 5.13 Å². The molecule has 0 unspecified atom stereocenters. The Hall–Kier alpha value is -1.10. The number of carbonyl (C=O) groups is 1. The largest absolute Gasteiger partial charge is 0.335 e. The standard InChI is InChI=1S/C15H23N3OS/c19-14(16-11-7-3-1-2-4-8-11)18-15-17-12-9-5-6-10-13(12)20-15/h11H,1-10H2,(H2,16,17,18,19). The number of fused-ring (bicyclic) bond motifs is 1. The van der Waals surface area contributed by atoms with E-state index in [1.807, 2.05) is 0 Å². The summed E-state index contributed by atoms with van der Waals surface area (Å²) in [6.45, 7) is 0. The van der Waals surface area contributed by atoms with E-state index in [9.17, 15) is 4.79 Å². The third-order valence-electron chi connectivity index (χ3n) is 4.26. The molecule has 0 aromatic carbocycles. The zero-order valence-electron chi connectivity index (χ0n) is 11.9. The van der Waals surface area contributed by atoms with Gasteiger partial charge in [0.05, 0.1) is 5.69 Å². The summed E-state index contributed by atoms with van der Waals surface area (Å²) in [5, 5.41) is 6.80. The highest BCUT2D eigenvalue weighted by Crippen LogP contribution is 2.29. The van der Waals surface area contributed by atoms with Crippen molar-refractivity contribution in [2.75, 3.05) is 5.32 Å². The molecule has 2 amide bonds. The summed E-state index contributed by atoms with van der Waals surface area (Å²) in [4.78, 5) is 18.0. The summed E-state index contributed by atoms with van der Waals surface area (Å²) in [6.07, 6.45) is 12.0. The Labute approximate surface area is 124 Å². The van der Waals surface area contributed by atoms with E-state index in [2.05, 4.69) is 15.6 Å². The van der Waals surface area contributed by atoms with Crippen LogP contribution < -0.4 is 10.6 Å². The van der Waals surface area contributed by atoms with Crippen molar-refractivity contribution in [3.05, 3.63) is 10.6 Å². The Balaban J connectivity index is 1.54. The van der Waals surface area contributed by atoms with Gasteiger partial charge in [0, 0.05) is 10.9 Å². The summed E-state index contributed by atoms with van der Waals surface area (Å²) in [6, 6.07) is 0.259. The number of hydrogen-bond acceptors (Lipinski definition) is 3. The molecule has 1 fully saturated rings. The first-order valence-corrected chi connectivity index (χ1v) is 8.69. The molecule has 20 heavy (non-hydrogen) atoms. The fourth-order valence-electron chi connectivity index (χ4n) is 3.15. The van der Waals surface area contributed by atoms with E-state index in [-0.39, 0.29) is 6.03 Å². The van der Waals surface area contributed by atoms with Crippen LogP contribution in [0.2, 0.25) is 0 Å². The lowest BCUT2D eigenvalue weighted by Gasteiger charge is -2.15. The Morgan fingerprint density at radius 2 is 1.80 bits per heavy atom. The number of hydrogen-bond donors (Lipinski definition) is 2. The minimum Gasteiger partial charge on any atom is -0.335 e. The van der Waals surface area contributed by atoms with Gasteiger partial charge in [-0.1, -0.05) is 25.7 Å². The van der Waals surface area contributed by atoms with Crippen LogP contribution in [0.15, 0.2) is 0 Å². The Kier molecular flexibility index (Phi) is 4.55. The van der Waals surface area contributed by atoms with Gasteiger partial charge in [-0.25, -0.2) is 9.78 Å². The molecular formula is C15H23N3OS. The molecule has 0 aliphatic heterocycles. The molecule has 110 valence electrons. The molecule has 5 heteroatoms. The number of carbonyl (C=O) groups excluding carboxylic acids is 1. The molecule has 0 spiro atoms. The number of aromatic nitrogens is 1. The second-order valence-corrected chi connectivity index (χ2v) is 6.97. The molecule has 0 atom stereocenters. The molecule has 2 aliphatic rings. The molecule has 1 aromatic heterocycles. The fraction of sp³-hybridized carbons (Fsp3) is 0.733. The van der Waals surface area contributed by atoms with Crippen LogP contribution in [0.5, 0.6) is 0 Å². The van der Waals surface area contributed by atoms with Crippen LogP contribution >= 0.6 is 11.3 Å². The number of nitrogens with one attached hydrogen (secondary N) is 2. The van der Waals surface area contributed by atoms with Crippen LogP contribution in [-0.4, -0.2) is 17.1 Å². The Morgan fingerprint density at radius 1 is 1.05 bits per heavy atom. The summed E-state index contributed by atoms with van der Waals surface area (Å²) < 4.78 is 0. The Bertz CT molecular complexity index is 440. The molecule has 1 aromatic rings. The minimum absolute atomic E-state index is 0.0806. The summed E-state index contributed by atoms with van der Waals surface area (Å²) in [7, 11) is 0. The van der Waals surface area contributed by atoms with Crippen molar-refractivity contribution in [1.82, 2.24) is 10.3 Å². The van der Waals surface area contributed by atoms with E-state index in [4.69, 9.17) is 0 Å². The zero-order chi connectivity index (χ0) is 13.8. The lowest BCUT2D eigenvalue weighted by atomic mass is 10.0. The lowest BCUT2D eigenvalue weighted by Crippen LogP contribution is -2.37. The van der Waals surface area contributed by atoms with E-state index in [0.717, 1.165) is 30.8 Å². The number of anilines is 1. The van der Waals surface area contributed by atoms with Crippen LogP contribution in [-0.2, 0) is 12.8 Å². The van der Waals surface area contributed by atoms with Gasteiger partial charge in [-0.05, 0) is 38.5 Å². The average molecular weight is 293 g/mol.